The van der Waals surface area contributed by atoms with E-state index in [2.05, 4.69) is 9.97 Å². The number of aromatic hydroxyl groups is 1. The number of hydrogen-bond acceptors (Lipinski definition) is 5. The van der Waals surface area contributed by atoms with Crippen molar-refractivity contribution >= 4 is 28.6 Å². The van der Waals surface area contributed by atoms with E-state index in [-0.39, 0.29) is 5.82 Å². The predicted octanol–water partition coefficient (Wildman–Crippen LogP) is 2.71. The third-order valence-electron chi connectivity index (χ3n) is 3.32. The van der Waals surface area contributed by atoms with Crippen molar-refractivity contribution in [1.29, 1.82) is 0 Å². The van der Waals surface area contributed by atoms with E-state index in [1.165, 1.54) is 6.08 Å². The second kappa shape index (κ2) is 5.72. The van der Waals surface area contributed by atoms with Crippen LogP contribution in [0.15, 0.2) is 47.3 Å². The number of H-pyrrole nitrogens is 1. The summed E-state index contributed by atoms with van der Waals surface area (Å²) in [5.74, 6) is -0.873. The van der Waals surface area contributed by atoms with Gasteiger partial charge in [-0.25, -0.2) is 0 Å². The summed E-state index contributed by atoms with van der Waals surface area (Å²) >= 11 is 0. The Morgan fingerprint density at radius 1 is 1.13 bits per heavy atom. The van der Waals surface area contributed by atoms with Gasteiger partial charge in [0, 0.05) is 0 Å². The third kappa shape index (κ3) is 2.80. The van der Waals surface area contributed by atoms with Gasteiger partial charge in [-0.1, -0.05) is 48.5 Å². The van der Waals surface area contributed by atoms with Crippen LogP contribution in [0, 0.1) is 10.1 Å². The molecule has 0 spiro atoms. The maximum Gasteiger partial charge on any atom is 0.395 e. The van der Waals surface area contributed by atoms with Crippen molar-refractivity contribution in [2.45, 2.75) is 0 Å². The quantitative estimate of drug-likeness (QED) is 0.571. The average molecular weight is 309 g/mol. The second-order valence-electron chi connectivity index (χ2n) is 4.78. The number of nitrogens with zero attached hydrogens (tertiary/aromatic N) is 2. The van der Waals surface area contributed by atoms with E-state index in [9.17, 15) is 20.0 Å². The lowest BCUT2D eigenvalue weighted by Gasteiger charge is -2.01. The van der Waals surface area contributed by atoms with Crippen molar-refractivity contribution in [2.24, 2.45) is 0 Å². The van der Waals surface area contributed by atoms with E-state index < -0.39 is 22.0 Å². The van der Waals surface area contributed by atoms with Crippen molar-refractivity contribution in [1.82, 2.24) is 9.97 Å². The normalized spacial score (nSPS) is 11.1. The molecule has 0 saturated carbocycles. The highest BCUT2D eigenvalue weighted by Crippen LogP contribution is 2.21. The van der Waals surface area contributed by atoms with E-state index in [0.29, 0.717) is 0 Å². The highest BCUT2D eigenvalue weighted by atomic mass is 16.6. The van der Waals surface area contributed by atoms with Gasteiger partial charge in [-0.15, -0.1) is 0 Å². The van der Waals surface area contributed by atoms with Crippen molar-refractivity contribution in [3.63, 3.8) is 0 Å². The molecule has 23 heavy (non-hydrogen) atoms. The Bertz CT molecular complexity index is 987. The molecule has 0 fully saturated rings. The molecule has 0 unspecified atom stereocenters. The molecular weight excluding hydrogens is 298 g/mol. The maximum atomic E-state index is 11.6. The predicted molar refractivity (Wildman–Crippen MR) is 86.1 cm³/mol. The summed E-state index contributed by atoms with van der Waals surface area (Å²) in [5.41, 5.74) is -1.07. The van der Waals surface area contributed by atoms with Gasteiger partial charge in [-0.3, -0.25) is 14.9 Å². The Balaban J connectivity index is 2.03. The SMILES string of the molecule is O=c1[nH]c(/C=C\c2cccc3ccccc23)nc(O)c1[N+](=O)[O-]. The van der Waals surface area contributed by atoms with E-state index in [0.717, 1.165) is 16.3 Å². The summed E-state index contributed by atoms with van der Waals surface area (Å²) in [6.07, 6.45) is 3.19. The summed E-state index contributed by atoms with van der Waals surface area (Å²) in [5, 5.41) is 22.2. The van der Waals surface area contributed by atoms with Gasteiger partial charge in [0.15, 0.2) is 0 Å². The minimum Gasteiger partial charge on any atom is -0.488 e. The van der Waals surface area contributed by atoms with Crippen LogP contribution in [0.25, 0.3) is 22.9 Å². The number of benzene rings is 2. The summed E-state index contributed by atoms with van der Waals surface area (Å²) in [7, 11) is 0. The zero-order valence-electron chi connectivity index (χ0n) is 11.8. The zero-order valence-corrected chi connectivity index (χ0v) is 11.8. The minimum atomic E-state index is -1.000. The molecule has 0 atom stereocenters. The summed E-state index contributed by atoms with van der Waals surface area (Å²) in [4.78, 5) is 27.2. The molecule has 3 aromatic rings. The molecule has 0 aliphatic rings. The molecule has 0 saturated heterocycles. The van der Waals surface area contributed by atoms with Gasteiger partial charge in [0.1, 0.15) is 5.82 Å². The summed E-state index contributed by atoms with van der Waals surface area (Å²) < 4.78 is 0. The molecule has 7 heteroatoms. The molecule has 3 rings (SSSR count). The molecule has 0 aliphatic heterocycles. The fourth-order valence-electron chi connectivity index (χ4n) is 2.28. The van der Waals surface area contributed by atoms with Crippen molar-refractivity contribution in [3.05, 3.63) is 74.3 Å². The third-order valence-corrected chi connectivity index (χ3v) is 3.32. The first-order valence-corrected chi connectivity index (χ1v) is 6.70. The molecule has 0 bridgehead atoms. The van der Waals surface area contributed by atoms with Crippen LogP contribution < -0.4 is 5.56 Å². The van der Waals surface area contributed by atoms with Gasteiger partial charge in [0.25, 0.3) is 5.88 Å². The van der Waals surface area contributed by atoms with Gasteiger partial charge in [0.05, 0.1) is 4.92 Å². The molecule has 0 amide bonds. The van der Waals surface area contributed by atoms with E-state index in [1.54, 1.807) is 6.08 Å². The molecule has 114 valence electrons. The van der Waals surface area contributed by atoms with Crippen LogP contribution in [0.2, 0.25) is 0 Å². The molecule has 0 aliphatic carbocycles. The van der Waals surface area contributed by atoms with Gasteiger partial charge in [-0.05, 0) is 22.4 Å². The lowest BCUT2D eigenvalue weighted by atomic mass is 10.0. The second-order valence-corrected chi connectivity index (χ2v) is 4.78. The lowest BCUT2D eigenvalue weighted by molar-refractivity contribution is -0.387. The van der Waals surface area contributed by atoms with Crippen LogP contribution in [0.1, 0.15) is 11.4 Å². The van der Waals surface area contributed by atoms with E-state index in [1.807, 2.05) is 42.5 Å². The number of fused-ring (bicyclic) bond motifs is 1. The Morgan fingerprint density at radius 3 is 2.61 bits per heavy atom. The largest absolute Gasteiger partial charge is 0.488 e. The number of nitrogens with one attached hydrogen (secondary N) is 1. The van der Waals surface area contributed by atoms with Gasteiger partial charge < -0.3 is 10.1 Å². The molecule has 1 heterocycles. The first-order valence-electron chi connectivity index (χ1n) is 6.70. The Labute approximate surface area is 129 Å². The average Bonchev–Trinajstić information content (AvgIpc) is 2.52. The van der Waals surface area contributed by atoms with Crippen LogP contribution in [0.3, 0.4) is 0 Å². The maximum absolute atomic E-state index is 11.6. The van der Waals surface area contributed by atoms with Crippen molar-refractivity contribution in [3.8, 4) is 5.88 Å². The molecule has 1 aromatic heterocycles. The standard InChI is InChI=1S/C16H11N3O4/c20-15-14(19(22)23)16(21)18-13(17-15)9-8-11-6-3-5-10-4-1-2-7-12(10)11/h1-9H,(H2,17,18,20,21)/b9-8-. The van der Waals surface area contributed by atoms with Crippen LogP contribution in [0.4, 0.5) is 5.69 Å². The fourth-order valence-corrected chi connectivity index (χ4v) is 2.28. The number of nitro groups is 1. The van der Waals surface area contributed by atoms with Gasteiger partial charge >= 0.3 is 11.2 Å². The molecule has 7 nitrogen and oxygen atoms in total. The zero-order chi connectivity index (χ0) is 16.4. The molecule has 2 aromatic carbocycles. The topological polar surface area (TPSA) is 109 Å². The first-order chi connectivity index (χ1) is 11.1. The number of aromatic amines is 1. The Hall–Kier alpha value is -3.48. The van der Waals surface area contributed by atoms with Crippen LogP contribution in [-0.2, 0) is 0 Å². The van der Waals surface area contributed by atoms with Crippen LogP contribution >= 0.6 is 0 Å². The highest BCUT2D eigenvalue weighted by Gasteiger charge is 2.21. The number of rotatable bonds is 3. The van der Waals surface area contributed by atoms with Crippen molar-refractivity contribution in [2.75, 3.05) is 0 Å². The summed E-state index contributed by atoms with van der Waals surface area (Å²) in [6.45, 7) is 0. The van der Waals surface area contributed by atoms with E-state index in [4.69, 9.17) is 0 Å². The number of aromatic nitrogens is 2. The molecular formula is C16H11N3O4. The first kappa shape index (κ1) is 14.5. The van der Waals surface area contributed by atoms with Crippen LogP contribution in [0.5, 0.6) is 5.88 Å². The Morgan fingerprint density at radius 2 is 1.87 bits per heavy atom. The number of hydrogen-bond donors (Lipinski definition) is 2. The monoisotopic (exact) mass is 309 g/mol. The van der Waals surface area contributed by atoms with Gasteiger partial charge in [0.2, 0.25) is 0 Å². The van der Waals surface area contributed by atoms with Crippen LogP contribution in [-0.4, -0.2) is 20.0 Å². The van der Waals surface area contributed by atoms with E-state index >= 15 is 0 Å². The smallest absolute Gasteiger partial charge is 0.395 e. The fraction of sp³-hybridized carbons (Fsp3) is 0. The molecule has 2 N–H and O–H groups in total. The van der Waals surface area contributed by atoms with Gasteiger partial charge in [-0.2, -0.15) is 4.98 Å². The van der Waals surface area contributed by atoms with Crippen molar-refractivity contribution < 1.29 is 10.0 Å². The molecule has 0 radical (unpaired) electrons. The minimum absolute atomic E-state index is 0.0334. The highest BCUT2D eigenvalue weighted by molar-refractivity contribution is 5.92. The lowest BCUT2D eigenvalue weighted by Crippen LogP contribution is -2.14. The Kier molecular flexibility index (Phi) is 3.60. The summed E-state index contributed by atoms with van der Waals surface area (Å²) in [6, 6.07) is 13.5.